The van der Waals surface area contributed by atoms with E-state index in [0.29, 0.717) is 11.1 Å². The van der Waals surface area contributed by atoms with Crippen molar-refractivity contribution in [2.24, 2.45) is 11.8 Å². The van der Waals surface area contributed by atoms with Crippen LogP contribution in [0.3, 0.4) is 0 Å². The first-order chi connectivity index (χ1) is 15.0. The molecular formula is C21H18INO9. The molecule has 0 saturated heterocycles. The Morgan fingerprint density at radius 2 is 1.16 bits per heavy atom. The van der Waals surface area contributed by atoms with Crippen LogP contribution in [0.1, 0.15) is 27.4 Å². The number of aliphatic carboxylic acids is 4. The smallest absolute Gasteiger partial charge is 0.318 e. The Bertz CT molecular complexity index is 974. The van der Waals surface area contributed by atoms with E-state index in [4.69, 9.17) is 0 Å². The van der Waals surface area contributed by atoms with Gasteiger partial charge >= 0.3 is 23.9 Å². The predicted octanol–water partition coefficient (Wildman–Crippen LogP) is 1.88. The molecule has 2 aromatic carbocycles. The Kier molecular flexibility index (Phi) is 8.29. The largest absolute Gasteiger partial charge is 0.481 e. The fourth-order valence-electron chi connectivity index (χ4n) is 3.15. The van der Waals surface area contributed by atoms with Crippen molar-refractivity contribution in [3.8, 4) is 0 Å². The lowest BCUT2D eigenvalue weighted by atomic mass is 9.76. The number of nitrogens with one attached hydrogen (secondary N) is 1. The molecule has 0 heterocycles. The molecular weight excluding hydrogens is 537 g/mol. The lowest BCUT2D eigenvalue weighted by Crippen LogP contribution is -2.40. The zero-order valence-corrected chi connectivity index (χ0v) is 18.4. The first kappa shape index (κ1) is 24.8. The Labute approximate surface area is 195 Å². The molecule has 168 valence electrons. The molecule has 2 rings (SSSR count). The number of carbonyl (C=O) groups excluding carboxylic acids is 1. The van der Waals surface area contributed by atoms with E-state index in [0.717, 1.165) is 3.57 Å². The SMILES string of the molecule is O=C(NCc1ccc(C(C(C(=O)O)C(=O)O)C(C(=O)O)C(=O)O)cc1)c1ccc(I)cc1. The maximum Gasteiger partial charge on any atom is 0.318 e. The minimum absolute atomic E-state index is 0.0812. The van der Waals surface area contributed by atoms with Crippen LogP contribution in [0.4, 0.5) is 0 Å². The Morgan fingerprint density at radius 3 is 1.56 bits per heavy atom. The quantitative estimate of drug-likeness (QED) is 0.216. The van der Waals surface area contributed by atoms with Gasteiger partial charge in [-0.15, -0.1) is 0 Å². The zero-order chi connectivity index (χ0) is 24.0. The van der Waals surface area contributed by atoms with E-state index in [1.807, 2.05) is 0 Å². The molecule has 0 aliphatic carbocycles. The third kappa shape index (κ3) is 6.03. The van der Waals surface area contributed by atoms with E-state index in [2.05, 4.69) is 27.9 Å². The topological polar surface area (TPSA) is 178 Å². The van der Waals surface area contributed by atoms with Gasteiger partial charge in [-0.3, -0.25) is 24.0 Å². The summed E-state index contributed by atoms with van der Waals surface area (Å²) in [4.78, 5) is 58.2. The van der Waals surface area contributed by atoms with E-state index in [1.54, 1.807) is 24.3 Å². The second kappa shape index (κ2) is 10.7. The highest BCUT2D eigenvalue weighted by Crippen LogP contribution is 2.34. The minimum atomic E-state index is -2.29. The van der Waals surface area contributed by atoms with Crippen molar-refractivity contribution in [1.29, 1.82) is 0 Å². The summed E-state index contributed by atoms with van der Waals surface area (Å²) in [6.07, 6.45) is 0. The summed E-state index contributed by atoms with van der Waals surface area (Å²) in [5.41, 5.74) is 0.914. The standard InChI is InChI=1S/C21H18INO9/c22-13-7-5-12(6-8-13)17(24)23-9-10-1-3-11(4-2-10)14(15(18(25)26)19(27)28)16(20(29)30)21(31)32/h1-8,14-16H,9H2,(H,23,24)(H,25,26)(H,27,28)(H,29,30)(H,31,32). The number of rotatable bonds is 10. The monoisotopic (exact) mass is 555 g/mol. The summed E-state index contributed by atoms with van der Waals surface area (Å²) >= 11 is 2.11. The normalized spacial score (nSPS) is 10.9. The van der Waals surface area contributed by atoms with E-state index in [-0.39, 0.29) is 18.0 Å². The molecule has 0 fully saturated rings. The van der Waals surface area contributed by atoms with Gasteiger partial charge < -0.3 is 25.7 Å². The summed E-state index contributed by atoms with van der Waals surface area (Å²) < 4.78 is 0.964. The van der Waals surface area contributed by atoms with E-state index >= 15 is 0 Å². The molecule has 0 aromatic heterocycles. The first-order valence-electron chi connectivity index (χ1n) is 9.06. The number of halogens is 1. The summed E-state index contributed by atoms with van der Waals surface area (Å²) in [6, 6.07) is 12.2. The van der Waals surface area contributed by atoms with Crippen LogP contribution in [0.5, 0.6) is 0 Å². The van der Waals surface area contributed by atoms with Crippen LogP contribution in [0.2, 0.25) is 0 Å². The van der Waals surface area contributed by atoms with Gasteiger partial charge in [0.25, 0.3) is 5.91 Å². The van der Waals surface area contributed by atoms with Crippen LogP contribution in [-0.4, -0.2) is 50.2 Å². The van der Waals surface area contributed by atoms with Crippen molar-refractivity contribution in [1.82, 2.24) is 5.32 Å². The van der Waals surface area contributed by atoms with Gasteiger partial charge in [-0.05, 0) is 58.0 Å². The Balaban J connectivity index is 2.28. The fourth-order valence-corrected chi connectivity index (χ4v) is 3.51. The number of carboxylic acid groups (broad SMARTS) is 4. The molecule has 0 atom stereocenters. The van der Waals surface area contributed by atoms with Crippen LogP contribution in [0.15, 0.2) is 48.5 Å². The molecule has 0 radical (unpaired) electrons. The summed E-state index contributed by atoms with van der Waals surface area (Å²) in [7, 11) is 0. The third-order valence-electron chi connectivity index (χ3n) is 4.71. The Hall–Kier alpha value is -3.48. The second-order valence-electron chi connectivity index (χ2n) is 6.77. The lowest BCUT2D eigenvalue weighted by Gasteiger charge is -2.25. The van der Waals surface area contributed by atoms with Gasteiger partial charge in [-0.2, -0.15) is 0 Å². The van der Waals surface area contributed by atoms with Gasteiger partial charge in [0.05, 0.1) is 0 Å². The fraction of sp³-hybridized carbons (Fsp3) is 0.190. The van der Waals surface area contributed by atoms with Crippen LogP contribution < -0.4 is 5.32 Å². The van der Waals surface area contributed by atoms with Gasteiger partial charge in [0, 0.05) is 21.6 Å². The highest BCUT2D eigenvalue weighted by molar-refractivity contribution is 14.1. The number of hydrogen-bond donors (Lipinski definition) is 5. The lowest BCUT2D eigenvalue weighted by molar-refractivity contribution is -0.161. The minimum Gasteiger partial charge on any atom is -0.481 e. The number of carboxylic acids is 4. The molecule has 32 heavy (non-hydrogen) atoms. The maximum atomic E-state index is 12.2. The van der Waals surface area contributed by atoms with Crippen molar-refractivity contribution in [3.05, 3.63) is 68.8 Å². The van der Waals surface area contributed by atoms with Gasteiger partial charge in [-0.1, -0.05) is 24.3 Å². The number of benzene rings is 2. The van der Waals surface area contributed by atoms with Crippen molar-refractivity contribution >= 4 is 52.4 Å². The molecule has 0 unspecified atom stereocenters. The molecule has 0 saturated carbocycles. The summed E-state index contributed by atoms with van der Waals surface area (Å²) in [5.74, 6) is -14.2. The average Bonchev–Trinajstić information content (AvgIpc) is 2.71. The second-order valence-corrected chi connectivity index (χ2v) is 8.01. The number of hydrogen-bond acceptors (Lipinski definition) is 5. The first-order valence-corrected chi connectivity index (χ1v) is 10.1. The summed E-state index contributed by atoms with van der Waals surface area (Å²) in [5, 5.41) is 39.9. The Morgan fingerprint density at radius 1 is 0.719 bits per heavy atom. The average molecular weight is 555 g/mol. The van der Waals surface area contributed by atoms with Gasteiger partial charge in [0.1, 0.15) is 0 Å². The highest BCUT2D eigenvalue weighted by atomic mass is 127. The van der Waals surface area contributed by atoms with Crippen molar-refractivity contribution < 1.29 is 44.4 Å². The van der Waals surface area contributed by atoms with Crippen LogP contribution in [0, 0.1) is 15.4 Å². The van der Waals surface area contributed by atoms with Crippen molar-refractivity contribution in [2.75, 3.05) is 0 Å². The van der Waals surface area contributed by atoms with Gasteiger partial charge in [0.15, 0.2) is 11.8 Å². The molecule has 0 aliphatic rings. The molecule has 1 amide bonds. The number of carbonyl (C=O) groups is 5. The van der Waals surface area contributed by atoms with Crippen LogP contribution in [0.25, 0.3) is 0 Å². The number of amides is 1. The van der Waals surface area contributed by atoms with Crippen molar-refractivity contribution in [3.63, 3.8) is 0 Å². The van der Waals surface area contributed by atoms with Crippen LogP contribution >= 0.6 is 22.6 Å². The van der Waals surface area contributed by atoms with E-state index in [1.165, 1.54) is 24.3 Å². The van der Waals surface area contributed by atoms with Gasteiger partial charge in [-0.25, -0.2) is 0 Å². The molecule has 0 spiro atoms. The molecule has 2 aromatic rings. The zero-order valence-electron chi connectivity index (χ0n) is 16.3. The van der Waals surface area contributed by atoms with Gasteiger partial charge in [0.2, 0.25) is 0 Å². The molecule has 5 N–H and O–H groups in total. The molecule has 0 aliphatic heterocycles. The predicted molar refractivity (Wildman–Crippen MR) is 117 cm³/mol. The maximum absolute atomic E-state index is 12.2. The third-order valence-corrected chi connectivity index (χ3v) is 5.43. The van der Waals surface area contributed by atoms with Crippen molar-refractivity contribution in [2.45, 2.75) is 12.5 Å². The van der Waals surface area contributed by atoms with E-state index < -0.39 is 41.6 Å². The summed E-state index contributed by atoms with van der Waals surface area (Å²) in [6.45, 7) is 0.0817. The highest BCUT2D eigenvalue weighted by Gasteiger charge is 2.47. The molecule has 10 nitrogen and oxygen atoms in total. The van der Waals surface area contributed by atoms with E-state index in [9.17, 15) is 44.4 Å². The molecule has 11 heteroatoms. The van der Waals surface area contributed by atoms with Crippen LogP contribution in [-0.2, 0) is 25.7 Å². The molecule has 0 bridgehead atoms.